The average Bonchev–Trinajstić information content (AvgIpc) is 3.26. The van der Waals surface area contributed by atoms with Gasteiger partial charge in [-0.25, -0.2) is 0 Å². The Morgan fingerprint density at radius 3 is 2.73 bits per heavy atom. The van der Waals surface area contributed by atoms with Gasteiger partial charge >= 0.3 is 0 Å². The molecule has 1 saturated heterocycles. The Hall–Kier alpha value is -2.81. The number of aromatic nitrogens is 2. The number of carbonyl (C=O) groups excluding carboxylic acids is 1. The fourth-order valence-electron chi connectivity index (χ4n) is 4.00. The third kappa shape index (κ3) is 4.35. The summed E-state index contributed by atoms with van der Waals surface area (Å²) in [5.41, 5.74) is 1.53. The summed E-state index contributed by atoms with van der Waals surface area (Å²) in [6.45, 7) is 1.78. The van der Waals surface area contributed by atoms with E-state index in [0.717, 1.165) is 23.5 Å². The molecule has 0 saturated carbocycles. The molecule has 8 heteroatoms. The van der Waals surface area contributed by atoms with Crippen molar-refractivity contribution in [1.82, 2.24) is 19.8 Å². The largest absolute Gasteiger partial charge is 0.389 e. The molecule has 0 aliphatic carbocycles. The fraction of sp³-hybridized carbons (Fsp3) is 0.318. The number of hydrogen-bond donors (Lipinski definition) is 2. The van der Waals surface area contributed by atoms with Crippen molar-refractivity contribution in [3.63, 3.8) is 0 Å². The molecular formula is C22H24N4O3S. The number of nitrogens with zero attached hydrogens (tertiary/aromatic N) is 3. The first-order valence-electron chi connectivity index (χ1n) is 9.87. The van der Waals surface area contributed by atoms with Gasteiger partial charge in [0, 0.05) is 43.0 Å². The lowest BCUT2D eigenvalue weighted by Crippen LogP contribution is -2.62. The predicted octanol–water partition coefficient (Wildman–Crippen LogP) is 1.58. The molecule has 1 amide bonds. The summed E-state index contributed by atoms with van der Waals surface area (Å²) >= 11 is 1.59. The number of β-amino-alcohol motifs (C(OH)–C–C–N with tert-alkyl or cyclic N) is 1. The molecule has 1 aromatic carbocycles. The molecule has 1 aliphatic heterocycles. The topological polar surface area (TPSA) is 87.5 Å². The first kappa shape index (κ1) is 20.5. The van der Waals surface area contributed by atoms with Gasteiger partial charge in [-0.1, -0.05) is 36.4 Å². The standard InChI is InChI=1S/C22H24N4O3S/c27-19-14-25(13-18-12-23-16-30-18)11-9-22(19,17-6-2-1-3-7-17)24-20(28)15-26-10-5-4-8-21(26)29/h1-8,10,12,16,19,27H,9,11,13-15H2,(H,24,28)/t19-,22+/m1/s1. The molecule has 4 rings (SSSR count). The number of aliphatic hydroxyl groups is 1. The summed E-state index contributed by atoms with van der Waals surface area (Å²) in [4.78, 5) is 32.3. The summed E-state index contributed by atoms with van der Waals surface area (Å²) in [5, 5.41) is 14.3. The second-order valence-electron chi connectivity index (χ2n) is 7.52. The number of likely N-dealkylation sites (tertiary alicyclic amines) is 1. The van der Waals surface area contributed by atoms with Crippen molar-refractivity contribution in [2.75, 3.05) is 13.1 Å². The molecule has 1 fully saturated rings. The molecule has 3 heterocycles. The molecule has 2 N–H and O–H groups in total. The minimum absolute atomic E-state index is 0.0917. The number of pyridine rings is 1. The molecule has 7 nitrogen and oxygen atoms in total. The number of piperidine rings is 1. The molecule has 2 aromatic heterocycles. The van der Waals surface area contributed by atoms with Gasteiger partial charge in [0.2, 0.25) is 5.91 Å². The van der Waals surface area contributed by atoms with Gasteiger partial charge < -0.3 is 15.0 Å². The van der Waals surface area contributed by atoms with E-state index in [1.165, 1.54) is 10.6 Å². The van der Waals surface area contributed by atoms with Crippen LogP contribution in [0.5, 0.6) is 0 Å². The molecule has 0 bridgehead atoms. The highest BCUT2D eigenvalue weighted by molar-refractivity contribution is 7.09. The number of amides is 1. The zero-order valence-electron chi connectivity index (χ0n) is 16.5. The maximum atomic E-state index is 12.9. The minimum atomic E-state index is -0.902. The number of benzene rings is 1. The van der Waals surface area contributed by atoms with E-state index in [1.54, 1.807) is 35.2 Å². The third-order valence-electron chi connectivity index (χ3n) is 5.55. The summed E-state index contributed by atoms with van der Waals surface area (Å²) < 4.78 is 1.36. The second-order valence-corrected chi connectivity index (χ2v) is 8.49. The molecular weight excluding hydrogens is 400 g/mol. The Labute approximate surface area is 178 Å². The minimum Gasteiger partial charge on any atom is -0.389 e. The van der Waals surface area contributed by atoms with Crippen LogP contribution in [0.25, 0.3) is 0 Å². The lowest BCUT2D eigenvalue weighted by molar-refractivity contribution is -0.127. The molecule has 3 aromatic rings. The molecule has 0 radical (unpaired) electrons. The van der Waals surface area contributed by atoms with Crippen molar-refractivity contribution >= 4 is 17.2 Å². The van der Waals surface area contributed by atoms with Crippen LogP contribution in [0.3, 0.4) is 0 Å². The van der Waals surface area contributed by atoms with Crippen LogP contribution < -0.4 is 10.9 Å². The van der Waals surface area contributed by atoms with Crippen molar-refractivity contribution in [2.45, 2.75) is 31.2 Å². The van der Waals surface area contributed by atoms with E-state index in [4.69, 9.17) is 0 Å². The smallest absolute Gasteiger partial charge is 0.250 e. The van der Waals surface area contributed by atoms with Crippen molar-refractivity contribution in [3.05, 3.63) is 87.2 Å². The fourth-order valence-corrected chi connectivity index (χ4v) is 4.64. The van der Waals surface area contributed by atoms with Gasteiger partial charge in [-0.3, -0.25) is 19.5 Å². The quantitative estimate of drug-likeness (QED) is 0.627. The van der Waals surface area contributed by atoms with Crippen molar-refractivity contribution in [2.24, 2.45) is 0 Å². The zero-order valence-corrected chi connectivity index (χ0v) is 17.3. The van der Waals surface area contributed by atoms with Gasteiger partial charge in [-0.05, 0) is 18.1 Å². The number of carbonyl (C=O) groups is 1. The maximum Gasteiger partial charge on any atom is 0.250 e. The van der Waals surface area contributed by atoms with E-state index in [-0.39, 0.29) is 18.0 Å². The molecule has 0 unspecified atom stereocenters. The first-order valence-corrected chi connectivity index (χ1v) is 10.7. The Kier molecular flexibility index (Phi) is 6.08. The van der Waals surface area contributed by atoms with E-state index in [2.05, 4.69) is 15.2 Å². The Morgan fingerprint density at radius 1 is 1.23 bits per heavy atom. The van der Waals surface area contributed by atoms with Crippen molar-refractivity contribution in [3.8, 4) is 0 Å². The van der Waals surface area contributed by atoms with Gasteiger partial charge in [0.05, 0.1) is 17.2 Å². The van der Waals surface area contributed by atoms with Crippen LogP contribution in [0.1, 0.15) is 16.9 Å². The molecule has 1 aliphatic rings. The molecule has 0 spiro atoms. The number of aliphatic hydroxyl groups excluding tert-OH is 1. The van der Waals surface area contributed by atoms with E-state index < -0.39 is 11.6 Å². The highest BCUT2D eigenvalue weighted by atomic mass is 32.1. The van der Waals surface area contributed by atoms with Crippen molar-refractivity contribution in [1.29, 1.82) is 0 Å². The van der Waals surface area contributed by atoms with Crippen molar-refractivity contribution < 1.29 is 9.90 Å². The highest BCUT2D eigenvalue weighted by Gasteiger charge is 2.44. The van der Waals surface area contributed by atoms with Crippen LogP contribution in [0.15, 0.2) is 71.2 Å². The molecule has 30 heavy (non-hydrogen) atoms. The van der Waals surface area contributed by atoms with Crippen LogP contribution in [0.2, 0.25) is 0 Å². The summed E-state index contributed by atoms with van der Waals surface area (Å²) in [6, 6.07) is 14.4. The molecule has 2 atom stereocenters. The van der Waals surface area contributed by atoms with E-state index in [0.29, 0.717) is 13.0 Å². The van der Waals surface area contributed by atoms with Gasteiger partial charge in [-0.15, -0.1) is 11.3 Å². The van der Waals surface area contributed by atoms with Crippen LogP contribution >= 0.6 is 11.3 Å². The highest BCUT2D eigenvalue weighted by Crippen LogP contribution is 2.34. The number of thiazole rings is 1. The van der Waals surface area contributed by atoms with E-state index in [9.17, 15) is 14.7 Å². The Morgan fingerprint density at radius 2 is 2.03 bits per heavy atom. The van der Waals surface area contributed by atoms with Gasteiger partial charge in [0.1, 0.15) is 6.54 Å². The van der Waals surface area contributed by atoms with E-state index in [1.807, 2.05) is 36.5 Å². The number of rotatable bonds is 6. The average molecular weight is 425 g/mol. The van der Waals surface area contributed by atoms with Crippen LogP contribution in [0, 0.1) is 0 Å². The normalized spacial score (nSPS) is 22.0. The lowest BCUT2D eigenvalue weighted by Gasteiger charge is -2.46. The second kappa shape index (κ2) is 8.91. The third-order valence-corrected chi connectivity index (χ3v) is 6.31. The summed E-state index contributed by atoms with van der Waals surface area (Å²) in [6.07, 6.45) is 3.20. The predicted molar refractivity (Wildman–Crippen MR) is 115 cm³/mol. The van der Waals surface area contributed by atoms with Crippen LogP contribution in [-0.2, 0) is 23.4 Å². The number of hydrogen-bond acceptors (Lipinski definition) is 6. The number of nitrogens with one attached hydrogen (secondary N) is 1. The first-order chi connectivity index (χ1) is 14.6. The monoisotopic (exact) mass is 424 g/mol. The van der Waals surface area contributed by atoms with Gasteiger partial charge in [-0.2, -0.15) is 0 Å². The lowest BCUT2D eigenvalue weighted by atomic mass is 9.78. The summed E-state index contributed by atoms with van der Waals surface area (Å²) in [5.74, 6) is -0.304. The van der Waals surface area contributed by atoms with Gasteiger partial charge in [0.15, 0.2) is 0 Å². The zero-order chi connectivity index (χ0) is 21.0. The van der Waals surface area contributed by atoms with Crippen LogP contribution in [0.4, 0.5) is 0 Å². The SMILES string of the molecule is O=C(Cn1ccccc1=O)N[C@]1(c2ccccc2)CCN(Cc2cncs2)C[C@H]1O. The maximum absolute atomic E-state index is 12.9. The van der Waals surface area contributed by atoms with Crippen LogP contribution in [-0.4, -0.2) is 44.7 Å². The van der Waals surface area contributed by atoms with Gasteiger partial charge in [0.25, 0.3) is 5.56 Å². The summed E-state index contributed by atoms with van der Waals surface area (Å²) in [7, 11) is 0. The van der Waals surface area contributed by atoms with E-state index >= 15 is 0 Å². The molecule has 156 valence electrons. The Balaban J connectivity index is 1.55. The Bertz CT molecular complexity index is 1040.